The van der Waals surface area contributed by atoms with Crippen LogP contribution >= 0.6 is 11.6 Å². The molecule has 2 rings (SSSR count). The fourth-order valence-corrected chi connectivity index (χ4v) is 1.95. The summed E-state index contributed by atoms with van der Waals surface area (Å²) in [5.41, 5.74) is 5.46. The monoisotopic (exact) mass is 242 g/mol. The van der Waals surface area contributed by atoms with Gasteiger partial charge in [-0.15, -0.1) is 0 Å². The fraction of sp³-hybridized carbons (Fsp3) is 0.600. The van der Waals surface area contributed by atoms with Gasteiger partial charge >= 0.3 is 0 Å². The van der Waals surface area contributed by atoms with Crippen molar-refractivity contribution in [3.05, 3.63) is 11.2 Å². The molecule has 0 unspecified atom stereocenters. The lowest BCUT2D eigenvalue weighted by Gasteiger charge is -2.14. The van der Waals surface area contributed by atoms with Gasteiger partial charge in [0, 0.05) is 12.6 Å². The van der Waals surface area contributed by atoms with E-state index in [2.05, 4.69) is 14.9 Å². The first kappa shape index (κ1) is 11.4. The molecular formula is C10H15ClN4O. The molecule has 1 aromatic rings. The van der Waals surface area contributed by atoms with Gasteiger partial charge in [0.1, 0.15) is 11.8 Å². The first-order chi connectivity index (χ1) is 7.74. The normalized spacial score (nSPS) is 16.6. The Morgan fingerprint density at radius 1 is 1.38 bits per heavy atom. The van der Waals surface area contributed by atoms with Gasteiger partial charge in [0.2, 0.25) is 11.8 Å². The summed E-state index contributed by atoms with van der Waals surface area (Å²) in [6.07, 6.45) is 2.57. The van der Waals surface area contributed by atoms with Gasteiger partial charge in [-0.2, -0.15) is 4.98 Å². The molecule has 0 bridgehead atoms. The van der Waals surface area contributed by atoms with Gasteiger partial charge < -0.3 is 10.5 Å². The van der Waals surface area contributed by atoms with Crippen LogP contribution in [0.4, 0.5) is 5.95 Å². The molecule has 0 aliphatic carbocycles. The number of ether oxygens (including phenoxy) is 1. The third-order valence-electron chi connectivity index (χ3n) is 2.54. The number of rotatable bonds is 4. The zero-order valence-corrected chi connectivity index (χ0v) is 9.78. The Morgan fingerprint density at radius 2 is 2.12 bits per heavy atom. The lowest BCUT2D eigenvalue weighted by Crippen LogP contribution is -2.25. The van der Waals surface area contributed by atoms with Crippen molar-refractivity contribution < 1.29 is 4.74 Å². The molecule has 1 aromatic heterocycles. The number of nitrogens with two attached hydrogens (primary N) is 1. The van der Waals surface area contributed by atoms with Crippen LogP contribution < -0.4 is 10.5 Å². The summed E-state index contributed by atoms with van der Waals surface area (Å²) in [5.74, 6) is 0.584. The predicted octanol–water partition coefficient (Wildman–Crippen LogP) is 1.19. The highest BCUT2D eigenvalue weighted by atomic mass is 35.5. The zero-order chi connectivity index (χ0) is 11.4. The van der Waals surface area contributed by atoms with Crippen LogP contribution in [-0.2, 0) is 0 Å². The average Bonchev–Trinajstić information content (AvgIpc) is 2.69. The molecule has 2 heterocycles. The molecule has 0 aromatic carbocycles. The van der Waals surface area contributed by atoms with Crippen molar-refractivity contribution in [1.82, 2.24) is 14.9 Å². The molecule has 2 N–H and O–H groups in total. The largest absolute Gasteiger partial charge is 0.476 e. The van der Waals surface area contributed by atoms with Crippen molar-refractivity contribution in [2.75, 3.05) is 32.0 Å². The van der Waals surface area contributed by atoms with E-state index in [0.717, 1.165) is 19.6 Å². The molecule has 88 valence electrons. The summed E-state index contributed by atoms with van der Waals surface area (Å²) in [6, 6.07) is 1.57. The van der Waals surface area contributed by atoms with Gasteiger partial charge in [0.05, 0.1) is 0 Å². The van der Waals surface area contributed by atoms with E-state index in [0.29, 0.717) is 17.6 Å². The molecule has 0 saturated carbocycles. The Kier molecular flexibility index (Phi) is 3.79. The van der Waals surface area contributed by atoms with Crippen LogP contribution in [0.5, 0.6) is 5.88 Å². The van der Waals surface area contributed by atoms with Crippen LogP contribution in [0.3, 0.4) is 0 Å². The Hall–Kier alpha value is -1.07. The van der Waals surface area contributed by atoms with E-state index in [1.54, 1.807) is 6.07 Å². The van der Waals surface area contributed by atoms with Gasteiger partial charge in [-0.3, -0.25) is 4.90 Å². The summed E-state index contributed by atoms with van der Waals surface area (Å²) in [7, 11) is 0. The molecule has 1 saturated heterocycles. The van der Waals surface area contributed by atoms with Crippen molar-refractivity contribution in [2.45, 2.75) is 12.8 Å². The van der Waals surface area contributed by atoms with Crippen molar-refractivity contribution >= 4 is 17.5 Å². The lowest BCUT2D eigenvalue weighted by molar-refractivity contribution is 0.232. The van der Waals surface area contributed by atoms with Crippen LogP contribution in [0.25, 0.3) is 0 Å². The number of aromatic nitrogens is 2. The highest BCUT2D eigenvalue weighted by Crippen LogP contribution is 2.14. The summed E-state index contributed by atoms with van der Waals surface area (Å²) >= 11 is 5.73. The molecule has 0 radical (unpaired) electrons. The number of hydrogen-bond donors (Lipinski definition) is 1. The fourth-order valence-electron chi connectivity index (χ4n) is 1.77. The topological polar surface area (TPSA) is 64.3 Å². The second kappa shape index (κ2) is 5.32. The zero-order valence-electron chi connectivity index (χ0n) is 9.03. The lowest BCUT2D eigenvalue weighted by atomic mass is 10.4. The predicted molar refractivity (Wildman–Crippen MR) is 62.6 cm³/mol. The van der Waals surface area contributed by atoms with Crippen LogP contribution in [-0.4, -0.2) is 41.1 Å². The van der Waals surface area contributed by atoms with Crippen molar-refractivity contribution in [1.29, 1.82) is 0 Å². The van der Waals surface area contributed by atoms with Crippen molar-refractivity contribution in [2.24, 2.45) is 0 Å². The van der Waals surface area contributed by atoms with E-state index in [1.165, 1.54) is 12.8 Å². The summed E-state index contributed by atoms with van der Waals surface area (Å²) in [5, 5.41) is 0.309. The van der Waals surface area contributed by atoms with Crippen LogP contribution in [0.2, 0.25) is 5.15 Å². The minimum absolute atomic E-state index is 0.142. The highest BCUT2D eigenvalue weighted by molar-refractivity contribution is 6.29. The number of halogens is 1. The van der Waals surface area contributed by atoms with Crippen molar-refractivity contribution in [3.8, 4) is 5.88 Å². The van der Waals surface area contributed by atoms with Crippen LogP contribution in [0.1, 0.15) is 12.8 Å². The minimum Gasteiger partial charge on any atom is -0.476 e. The van der Waals surface area contributed by atoms with Gasteiger partial charge in [0.25, 0.3) is 0 Å². The Labute approximate surface area is 99.6 Å². The first-order valence-electron chi connectivity index (χ1n) is 5.39. The highest BCUT2D eigenvalue weighted by Gasteiger charge is 2.11. The molecule has 1 aliphatic heterocycles. The maximum atomic E-state index is 5.73. The van der Waals surface area contributed by atoms with E-state index in [9.17, 15) is 0 Å². The molecule has 0 spiro atoms. The number of nitrogens with zero attached hydrogens (tertiary/aromatic N) is 3. The average molecular weight is 243 g/mol. The number of hydrogen-bond acceptors (Lipinski definition) is 5. The molecule has 1 fully saturated rings. The van der Waals surface area contributed by atoms with Gasteiger partial charge in [-0.05, 0) is 25.9 Å². The third kappa shape index (κ3) is 3.21. The van der Waals surface area contributed by atoms with Crippen LogP contribution in [0.15, 0.2) is 6.07 Å². The van der Waals surface area contributed by atoms with E-state index < -0.39 is 0 Å². The van der Waals surface area contributed by atoms with Crippen molar-refractivity contribution in [3.63, 3.8) is 0 Å². The number of anilines is 1. The molecule has 5 nitrogen and oxygen atoms in total. The van der Waals surface area contributed by atoms with Gasteiger partial charge in [0.15, 0.2) is 0 Å². The summed E-state index contributed by atoms with van der Waals surface area (Å²) < 4.78 is 5.47. The number of nitrogen functional groups attached to an aromatic ring is 1. The standard InChI is InChI=1S/C10H15ClN4O/c11-8-7-9(14-10(12)13-8)16-6-5-15-3-1-2-4-15/h7H,1-6H2,(H2,12,13,14). The molecule has 6 heteroatoms. The maximum absolute atomic E-state index is 5.73. The van der Waals surface area contributed by atoms with E-state index >= 15 is 0 Å². The smallest absolute Gasteiger partial charge is 0.224 e. The molecule has 0 atom stereocenters. The van der Waals surface area contributed by atoms with E-state index in [1.807, 2.05) is 0 Å². The SMILES string of the molecule is Nc1nc(Cl)cc(OCCN2CCCC2)n1. The van der Waals surface area contributed by atoms with Gasteiger partial charge in [-0.1, -0.05) is 11.6 Å². The van der Waals surface area contributed by atoms with E-state index in [-0.39, 0.29) is 5.95 Å². The Bertz CT molecular complexity index is 334. The second-order valence-electron chi connectivity index (χ2n) is 3.78. The van der Waals surface area contributed by atoms with Gasteiger partial charge in [-0.25, -0.2) is 4.98 Å². The quantitative estimate of drug-likeness (QED) is 0.804. The van der Waals surface area contributed by atoms with E-state index in [4.69, 9.17) is 22.1 Å². The maximum Gasteiger partial charge on any atom is 0.224 e. The minimum atomic E-state index is 0.142. The number of likely N-dealkylation sites (tertiary alicyclic amines) is 1. The second-order valence-corrected chi connectivity index (χ2v) is 4.17. The molecule has 1 aliphatic rings. The first-order valence-corrected chi connectivity index (χ1v) is 5.77. The Balaban J connectivity index is 1.80. The third-order valence-corrected chi connectivity index (χ3v) is 2.74. The molecule has 0 amide bonds. The van der Waals surface area contributed by atoms with Crippen LogP contribution in [0, 0.1) is 0 Å². The summed E-state index contributed by atoms with van der Waals surface area (Å²) in [6.45, 7) is 3.85. The Morgan fingerprint density at radius 3 is 2.81 bits per heavy atom. The molecular weight excluding hydrogens is 228 g/mol. The summed E-state index contributed by atoms with van der Waals surface area (Å²) in [4.78, 5) is 10.1. The molecule has 16 heavy (non-hydrogen) atoms.